The van der Waals surface area contributed by atoms with Crippen molar-refractivity contribution >= 4 is 23.4 Å². The average Bonchev–Trinajstić information content (AvgIpc) is 2.32. The number of thioether (sulfide) groups is 1. The fraction of sp³-hybridized carbons (Fsp3) is 0.364. The minimum Gasteiger partial charge on any atom is -0.325 e. The highest BCUT2D eigenvalue weighted by Crippen LogP contribution is 2.07. The van der Waals surface area contributed by atoms with E-state index in [9.17, 15) is 9.18 Å². The molecule has 5 heteroatoms. The van der Waals surface area contributed by atoms with Crippen LogP contribution in [0.4, 0.5) is 10.1 Å². The lowest BCUT2D eigenvalue weighted by Gasteiger charge is -2.01. The van der Waals surface area contributed by atoms with Gasteiger partial charge in [0.2, 0.25) is 5.91 Å². The van der Waals surface area contributed by atoms with Crippen LogP contribution in [0.1, 0.15) is 6.92 Å². The number of nitrogens with two attached hydrogens (primary N) is 1. The quantitative estimate of drug-likeness (QED) is 0.856. The molecule has 0 bridgehead atoms. The lowest BCUT2D eigenvalue weighted by Crippen LogP contribution is -2.21. The molecule has 0 saturated heterocycles. The molecule has 1 aromatic rings. The summed E-state index contributed by atoms with van der Waals surface area (Å²) in [5.74, 6) is 0.613. The maximum absolute atomic E-state index is 12.4. The van der Waals surface area contributed by atoms with Gasteiger partial charge in [-0.25, -0.2) is 4.39 Å². The molecule has 0 radical (unpaired) electrons. The summed E-state index contributed by atoms with van der Waals surface area (Å²) in [6.45, 7) is 2.07. The van der Waals surface area contributed by atoms with Crippen LogP contribution in [0.25, 0.3) is 0 Å². The number of nitrogens with one attached hydrogen (secondary N) is 1. The summed E-state index contributed by atoms with van der Waals surface area (Å²) in [5, 5.41) is 2.49. The number of carbonyl (C=O) groups is 1. The van der Waals surface area contributed by atoms with Gasteiger partial charge >= 0.3 is 0 Å². The van der Waals surface area contributed by atoms with E-state index in [4.69, 9.17) is 5.73 Å². The van der Waals surface area contributed by atoms with Gasteiger partial charge in [0, 0.05) is 5.69 Å². The molecule has 0 atom stereocenters. The summed E-state index contributed by atoms with van der Waals surface area (Å²) >= 11 is 1.86. The summed E-state index contributed by atoms with van der Waals surface area (Å²) in [6.07, 6.45) is 2.10. The fourth-order valence-corrected chi connectivity index (χ4v) is 0.745. The maximum atomic E-state index is 12.4. The number of carbonyl (C=O) groups excluding carboxylic acids is 1. The molecule has 0 aliphatic heterocycles. The molecule has 3 nitrogen and oxygen atoms in total. The molecule has 0 fully saturated rings. The van der Waals surface area contributed by atoms with Crippen LogP contribution in [0, 0.1) is 5.82 Å². The van der Waals surface area contributed by atoms with E-state index in [0.29, 0.717) is 5.69 Å². The molecular weight excluding hydrogens is 227 g/mol. The minimum atomic E-state index is -0.333. The summed E-state index contributed by atoms with van der Waals surface area (Å²) in [7, 11) is 0. The van der Waals surface area contributed by atoms with E-state index in [2.05, 4.69) is 18.5 Å². The van der Waals surface area contributed by atoms with Gasteiger partial charge in [0.05, 0.1) is 6.54 Å². The van der Waals surface area contributed by atoms with E-state index < -0.39 is 0 Å². The average molecular weight is 244 g/mol. The van der Waals surface area contributed by atoms with Crippen LogP contribution < -0.4 is 11.1 Å². The maximum Gasteiger partial charge on any atom is 0.238 e. The molecule has 0 spiro atoms. The number of hydrogen-bond acceptors (Lipinski definition) is 3. The molecule has 0 unspecified atom stereocenters. The van der Waals surface area contributed by atoms with Gasteiger partial charge in [-0.3, -0.25) is 4.79 Å². The Kier molecular flexibility index (Phi) is 8.56. The van der Waals surface area contributed by atoms with Crippen molar-refractivity contribution in [3.63, 3.8) is 0 Å². The first kappa shape index (κ1) is 14.9. The second kappa shape index (κ2) is 9.18. The van der Waals surface area contributed by atoms with Gasteiger partial charge in [0.15, 0.2) is 0 Å². The van der Waals surface area contributed by atoms with Crippen molar-refractivity contribution in [2.75, 3.05) is 23.9 Å². The Morgan fingerprint density at radius 3 is 2.31 bits per heavy atom. The molecule has 1 rings (SSSR count). The molecule has 0 aliphatic carbocycles. The monoisotopic (exact) mass is 244 g/mol. The van der Waals surface area contributed by atoms with Crippen LogP contribution in [-0.4, -0.2) is 24.5 Å². The van der Waals surface area contributed by atoms with Crippen LogP contribution in [0.5, 0.6) is 0 Å². The summed E-state index contributed by atoms with van der Waals surface area (Å²) in [6, 6.07) is 5.49. The first-order chi connectivity index (χ1) is 7.63. The Labute approximate surface area is 99.6 Å². The van der Waals surface area contributed by atoms with Crippen LogP contribution in [0.2, 0.25) is 0 Å². The lowest BCUT2D eigenvalue weighted by atomic mass is 10.3. The zero-order valence-electron chi connectivity index (χ0n) is 9.50. The zero-order valence-corrected chi connectivity index (χ0v) is 10.3. The van der Waals surface area contributed by atoms with Crippen molar-refractivity contribution in [1.82, 2.24) is 0 Å². The third-order valence-electron chi connectivity index (χ3n) is 1.60. The van der Waals surface area contributed by atoms with E-state index in [1.54, 1.807) is 0 Å². The van der Waals surface area contributed by atoms with Gasteiger partial charge in [-0.1, -0.05) is 6.92 Å². The topological polar surface area (TPSA) is 55.1 Å². The Balaban J connectivity index is 0.000000487. The van der Waals surface area contributed by atoms with Gasteiger partial charge in [0.1, 0.15) is 5.82 Å². The molecule has 0 heterocycles. The number of rotatable bonds is 3. The van der Waals surface area contributed by atoms with E-state index in [-0.39, 0.29) is 18.3 Å². The van der Waals surface area contributed by atoms with E-state index in [1.165, 1.54) is 30.0 Å². The largest absolute Gasteiger partial charge is 0.325 e. The highest BCUT2D eigenvalue weighted by molar-refractivity contribution is 7.98. The molecule has 0 saturated carbocycles. The molecule has 0 aliphatic rings. The van der Waals surface area contributed by atoms with Gasteiger partial charge < -0.3 is 11.1 Å². The van der Waals surface area contributed by atoms with Crippen LogP contribution in [0.3, 0.4) is 0 Å². The standard InChI is InChI=1S/C8H9FN2O.C3H8S/c9-6-1-3-7(4-2-6)11-8(12)5-10;1-3-4-2/h1-4H,5,10H2,(H,11,12);3H2,1-2H3. The molecule has 16 heavy (non-hydrogen) atoms. The smallest absolute Gasteiger partial charge is 0.238 e. The number of benzene rings is 1. The third kappa shape index (κ3) is 7.25. The van der Waals surface area contributed by atoms with E-state index in [0.717, 1.165) is 0 Å². The highest BCUT2D eigenvalue weighted by Gasteiger charge is 1.97. The molecule has 1 amide bonds. The third-order valence-corrected chi connectivity index (χ3v) is 2.18. The molecule has 0 aromatic heterocycles. The van der Waals surface area contributed by atoms with E-state index in [1.807, 2.05) is 11.8 Å². The van der Waals surface area contributed by atoms with Gasteiger partial charge in [-0.2, -0.15) is 11.8 Å². The normalized spacial score (nSPS) is 9.00. The molecule has 90 valence electrons. The SMILES string of the molecule is CCSC.NCC(=O)Nc1ccc(F)cc1. The first-order valence-electron chi connectivity index (χ1n) is 4.88. The number of halogens is 1. The van der Waals surface area contributed by atoms with Crippen molar-refractivity contribution in [1.29, 1.82) is 0 Å². The van der Waals surface area contributed by atoms with Crippen molar-refractivity contribution in [2.24, 2.45) is 5.73 Å². The van der Waals surface area contributed by atoms with E-state index >= 15 is 0 Å². The predicted octanol–water partition coefficient (Wildman–Crippen LogP) is 2.09. The Bertz CT molecular complexity index is 301. The zero-order chi connectivity index (χ0) is 12.4. The van der Waals surface area contributed by atoms with Crippen molar-refractivity contribution in [3.05, 3.63) is 30.1 Å². The second-order valence-corrected chi connectivity index (χ2v) is 3.99. The fourth-order valence-electron chi connectivity index (χ4n) is 0.745. The van der Waals surface area contributed by atoms with Gasteiger partial charge in [0.25, 0.3) is 0 Å². The van der Waals surface area contributed by atoms with Gasteiger partial charge in [-0.05, 0) is 36.3 Å². The predicted molar refractivity (Wildman–Crippen MR) is 68.1 cm³/mol. The van der Waals surface area contributed by atoms with Crippen molar-refractivity contribution in [2.45, 2.75) is 6.92 Å². The number of anilines is 1. The van der Waals surface area contributed by atoms with Crippen LogP contribution >= 0.6 is 11.8 Å². The Hall–Kier alpha value is -1.07. The first-order valence-corrected chi connectivity index (χ1v) is 6.27. The Morgan fingerprint density at radius 2 is 1.94 bits per heavy atom. The number of hydrogen-bond donors (Lipinski definition) is 2. The lowest BCUT2D eigenvalue weighted by molar-refractivity contribution is -0.114. The van der Waals surface area contributed by atoms with Gasteiger partial charge in [-0.15, -0.1) is 0 Å². The molecule has 3 N–H and O–H groups in total. The second-order valence-electron chi connectivity index (χ2n) is 2.84. The highest BCUT2D eigenvalue weighted by atomic mass is 32.2. The molecular formula is C11H17FN2OS. The van der Waals surface area contributed by atoms with Crippen molar-refractivity contribution in [3.8, 4) is 0 Å². The van der Waals surface area contributed by atoms with Crippen molar-refractivity contribution < 1.29 is 9.18 Å². The van der Waals surface area contributed by atoms with Crippen LogP contribution in [0.15, 0.2) is 24.3 Å². The minimum absolute atomic E-state index is 0.0720. The Morgan fingerprint density at radius 1 is 1.44 bits per heavy atom. The number of amides is 1. The summed E-state index contributed by atoms with van der Waals surface area (Å²) < 4.78 is 12.4. The molecule has 1 aromatic carbocycles. The summed E-state index contributed by atoms with van der Waals surface area (Å²) in [5.41, 5.74) is 5.61. The summed E-state index contributed by atoms with van der Waals surface area (Å²) in [4.78, 5) is 10.7. The van der Waals surface area contributed by atoms with Crippen LogP contribution in [-0.2, 0) is 4.79 Å².